The molecule has 4 aliphatic heterocycles. The number of imide groups is 1. The Morgan fingerprint density at radius 1 is 1.03 bits per heavy atom. The molecule has 0 unspecified atom stereocenters. The summed E-state index contributed by atoms with van der Waals surface area (Å²) in [6, 6.07) is 9.47. The molecule has 2 aromatic rings. The molecule has 6 rings (SSSR count). The van der Waals surface area contributed by atoms with Crippen LogP contribution in [0.25, 0.3) is 0 Å². The number of nitrogens with zero attached hydrogens (tertiary/aromatic N) is 3. The SMILES string of the molecule is O=C(CC[C@@H]1NC(=O)N(Cc2ccc3c(c2)OCO3)C1=O)N1C[C@H]2C[C@@H](C1)c1cccc(=O)n1C2. The first-order valence-corrected chi connectivity index (χ1v) is 11.9. The number of fused-ring (bicyclic) bond motifs is 5. The van der Waals surface area contributed by atoms with Crippen molar-refractivity contribution >= 4 is 17.8 Å². The van der Waals surface area contributed by atoms with Gasteiger partial charge < -0.3 is 24.3 Å². The average molecular weight is 479 g/mol. The van der Waals surface area contributed by atoms with Crippen molar-refractivity contribution in [1.29, 1.82) is 0 Å². The number of urea groups is 1. The van der Waals surface area contributed by atoms with Crippen LogP contribution < -0.4 is 20.3 Å². The second-order valence-electron chi connectivity index (χ2n) is 9.65. The van der Waals surface area contributed by atoms with Gasteiger partial charge in [0.2, 0.25) is 12.7 Å². The molecule has 3 atom stereocenters. The number of pyridine rings is 1. The second-order valence-corrected chi connectivity index (χ2v) is 9.65. The van der Waals surface area contributed by atoms with Gasteiger partial charge in [-0.05, 0) is 42.5 Å². The van der Waals surface area contributed by atoms with Crippen LogP contribution in [-0.4, -0.2) is 58.1 Å². The Hall–Kier alpha value is -3.82. The topological polar surface area (TPSA) is 110 Å². The average Bonchev–Trinajstić information content (AvgIpc) is 3.42. The molecule has 0 spiro atoms. The molecular formula is C25H26N4O6. The van der Waals surface area contributed by atoms with Gasteiger partial charge in [-0.2, -0.15) is 0 Å². The van der Waals surface area contributed by atoms with Crippen LogP contribution in [0.2, 0.25) is 0 Å². The largest absolute Gasteiger partial charge is 0.454 e. The monoisotopic (exact) mass is 478 g/mol. The zero-order chi connectivity index (χ0) is 24.1. The number of benzene rings is 1. The van der Waals surface area contributed by atoms with Gasteiger partial charge in [-0.25, -0.2) is 4.79 Å². The summed E-state index contributed by atoms with van der Waals surface area (Å²) in [5.74, 6) is 1.27. The molecule has 4 amide bonds. The summed E-state index contributed by atoms with van der Waals surface area (Å²) in [6.45, 7) is 2.08. The van der Waals surface area contributed by atoms with Crippen LogP contribution in [0.3, 0.4) is 0 Å². The molecule has 10 nitrogen and oxygen atoms in total. The van der Waals surface area contributed by atoms with Crippen molar-refractivity contribution in [3.63, 3.8) is 0 Å². The first-order chi connectivity index (χ1) is 17.0. The Labute approximate surface area is 201 Å². The van der Waals surface area contributed by atoms with Gasteiger partial charge in [0.1, 0.15) is 6.04 Å². The lowest BCUT2D eigenvalue weighted by atomic mass is 9.83. The quantitative estimate of drug-likeness (QED) is 0.651. The van der Waals surface area contributed by atoms with E-state index in [4.69, 9.17) is 9.47 Å². The third kappa shape index (κ3) is 3.92. The fourth-order valence-electron chi connectivity index (χ4n) is 5.67. The van der Waals surface area contributed by atoms with Crippen molar-refractivity contribution in [2.45, 2.75) is 44.3 Å². The van der Waals surface area contributed by atoms with E-state index in [1.165, 1.54) is 4.90 Å². The van der Waals surface area contributed by atoms with Crippen LogP contribution in [0.1, 0.15) is 36.4 Å². The van der Waals surface area contributed by atoms with Gasteiger partial charge in [-0.3, -0.25) is 19.3 Å². The van der Waals surface area contributed by atoms with Crippen LogP contribution >= 0.6 is 0 Å². The van der Waals surface area contributed by atoms with Gasteiger partial charge in [0, 0.05) is 43.7 Å². The molecule has 2 fully saturated rings. The number of piperidine rings is 1. The Morgan fingerprint density at radius 3 is 2.77 bits per heavy atom. The van der Waals surface area contributed by atoms with E-state index in [1.807, 2.05) is 15.5 Å². The highest BCUT2D eigenvalue weighted by atomic mass is 16.7. The zero-order valence-electron chi connectivity index (χ0n) is 19.1. The number of amides is 4. The van der Waals surface area contributed by atoms with Crippen molar-refractivity contribution in [1.82, 2.24) is 19.7 Å². The smallest absolute Gasteiger partial charge is 0.325 e. The van der Waals surface area contributed by atoms with Crippen LogP contribution in [-0.2, 0) is 22.7 Å². The van der Waals surface area contributed by atoms with E-state index in [2.05, 4.69) is 5.32 Å². The Morgan fingerprint density at radius 2 is 1.89 bits per heavy atom. The molecule has 0 aliphatic carbocycles. The first-order valence-electron chi connectivity index (χ1n) is 11.9. The molecule has 0 radical (unpaired) electrons. The summed E-state index contributed by atoms with van der Waals surface area (Å²) in [5, 5.41) is 2.72. The lowest BCUT2D eigenvalue weighted by molar-refractivity contribution is -0.134. The molecule has 182 valence electrons. The Bertz CT molecular complexity index is 1270. The summed E-state index contributed by atoms with van der Waals surface area (Å²) in [5.41, 5.74) is 1.76. The maximum atomic E-state index is 13.0. The van der Waals surface area contributed by atoms with Crippen molar-refractivity contribution in [2.75, 3.05) is 19.9 Å². The van der Waals surface area contributed by atoms with Gasteiger partial charge in [-0.15, -0.1) is 0 Å². The van der Waals surface area contributed by atoms with Crippen molar-refractivity contribution in [2.24, 2.45) is 5.92 Å². The minimum atomic E-state index is -0.718. The van der Waals surface area contributed by atoms with Crippen LogP contribution in [0.4, 0.5) is 4.79 Å². The number of hydrogen-bond donors (Lipinski definition) is 1. The van der Waals surface area contributed by atoms with E-state index in [9.17, 15) is 19.2 Å². The van der Waals surface area contributed by atoms with E-state index >= 15 is 0 Å². The summed E-state index contributed by atoms with van der Waals surface area (Å²) in [4.78, 5) is 53.6. The normalized spacial score (nSPS) is 24.4. The summed E-state index contributed by atoms with van der Waals surface area (Å²) in [7, 11) is 0. The fourth-order valence-corrected chi connectivity index (χ4v) is 5.67. The molecule has 0 saturated carbocycles. The highest BCUT2D eigenvalue weighted by Crippen LogP contribution is 2.35. The molecule has 5 heterocycles. The van der Waals surface area contributed by atoms with E-state index in [0.717, 1.165) is 17.7 Å². The highest BCUT2D eigenvalue weighted by Gasteiger charge is 2.40. The van der Waals surface area contributed by atoms with Crippen molar-refractivity contribution in [3.05, 3.63) is 58.0 Å². The van der Waals surface area contributed by atoms with E-state index in [-0.39, 0.29) is 55.4 Å². The molecule has 1 aromatic carbocycles. The van der Waals surface area contributed by atoms with Crippen molar-refractivity contribution in [3.8, 4) is 11.5 Å². The van der Waals surface area contributed by atoms with Gasteiger partial charge in [0.05, 0.1) is 6.54 Å². The fraction of sp³-hybridized carbons (Fsp3) is 0.440. The van der Waals surface area contributed by atoms with Crippen LogP contribution in [0.15, 0.2) is 41.2 Å². The third-order valence-corrected chi connectivity index (χ3v) is 7.36. The number of likely N-dealkylation sites (tertiary alicyclic amines) is 1. The predicted molar refractivity (Wildman–Crippen MR) is 123 cm³/mol. The Balaban J connectivity index is 1.06. The molecule has 2 saturated heterocycles. The number of rotatable bonds is 5. The molecule has 1 N–H and O–H groups in total. The van der Waals surface area contributed by atoms with Gasteiger partial charge >= 0.3 is 6.03 Å². The van der Waals surface area contributed by atoms with Crippen molar-refractivity contribution < 1.29 is 23.9 Å². The lowest BCUT2D eigenvalue weighted by Gasteiger charge is -2.42. The summed E-state index contributed by atoms with van der Waals surface area (Å²) in [6.07, 6.45) is 1.40. The highest BCUT2D eigenvalue weighted by molar-refractivity contribution is 6.04. The minimum Gasteiger partial charge on any atom is -0.454 e. The molecule has 35 heavy (non-hydrogen) atoms. The third-order valence-electron chi connectivity index (χ3n) is 7.36. The maximum Gasteiger partial charge on any atom is 0.325 e. The maximum absolute atomic E-state index is 13.0. The molecule has 2 bridgehead atoms. The van der Waals surface area contributed by atoms with Crippen LogP contribution in [0, 0.1) is 5.92 Å². The molecule has 10 heteroatoms. The lowest BCUT2D eigenvalue weighted by Crippen LogP contribution is -2.49. The standard InChI is InChI=1S/C25H26N4O6/c30-22(27-10-16-8-17(13-27)19-2-1-3-23(31)28(19)12-16)7-5-18-24(32)29(25(33)26-18)11-15-4-6-20-21(9-15)35-14-34-20/h1-4,6,9,16-18H,5,7-8,10-14H2,(H,26,33)/t16-,17+,18+/m1/s1. The van der Waals surface area contributed by atoms with E-state index in [0.29, 0.717) is 31.1 Å². The molecule has 4 aliphatic rings. The predicted octanol–water partition coefficient (Wildman–Crippen LogP) is 1.42. The summed E-state index contributed by atoms with van der Waals surface area (Å²) >= 11 is 0. The van der Waals surface area contributed by atoms with Gasteiger partial charge in [0.25, 0.3) is 11.5 Å². The van der Waals surface area contributed by atoms with Gasteiger partial charge in [-0.1, -0.05) is 12.1 Å². The van der Waals surface area contributed by atoms with E-state index in [1.54, 1.807) is 30.3 Å². The van der Waals surface area contributed by atoms with E-state index < -0.39 is 12.1 Å². The summed E-state index contributed by atoms with van der Waals surface area (Å²) < 4.78 is 12.5. The van der Waals surface area contributed by atoms with Gasteiger partial charge in [0.15, 0.2) is 11.5 Å². The zero-order valence-corrected chi connectivity index (χ0v) is 19.1. The minimum absolute atomic E-state index is 0.0118. The first kappa shape index (κ1) is 21.7. The number of carbonyl (C=O) groups is 3. The number of ether oxygens (including phenoxy) is 2. The van der Waals surface area contributed by atoms with Crippen LogP contribution in [0.5, 0.6) is 11.5 Å². The second kappa shape index (κ2) is 8.44. The molecule has 1 aromatic heterocycles. The number of hydrogen-bond acceptors (Lipinski definition) is 6. The number of aromatic nitrogens is 1. The number of nitrogens with one attached hydrogen (secondary N) is 1. The molecular weight excluding hydrogens is 452 g/mol. The Kier molecular flexibility index (Phi) is 5.23. The number of carbonyl (C=O) groups excluding carboxylic acids is 3.